The van der Waals surface area contributed by atoms with Crippen molar-refractivity contribution in [2.24, 2.45) is 7.05 Å². The summed E-state index contributed by atoms with van der Waals surface area (Å²) >= 11 is 0. The van der Waals surface area contributed by atoms with Crippen molar-refractivity contribution in [2.75, 3.05) is 5.32 Å². The lowest BCUT2D eigenvalue weighted by Crippen LogP contribution is -2.34. The van der Waals surface area contributed by atoms with Gasteiger partial charge >= 0.3 is 0 Å². The van der Waals surface area contributed by atoms with Gasteiger partial charge in [0.05, 0.1) is 28.3 Å². The zero-order chi connectivity index (χ0) is 25.7. The molecule has 0 unspecified atom stereocenters. The maximum Gasteiger partial charge on any atom is 0.236 e. The van der Waals surface area contributed by atoms with Crippen LogP contribution in [0.4, 0.5) is 5.88 Å². The van der Waals surface area contributed by atoms with Gasteiger partial charge in [0.25, 0.3) is 0 Å². The molecule has 184 valence electrons. The SMILES string of the molecule is Cn1cc(-c2ccc3c(c2)ncn3-c2ccc(C(C)(C)C(=O)Nc3cc(C(C)(C)C)no3)cc2)cn1. The summed E-state index contributed by atoms with van der Waals surface area (Å²) in [4.78, 5) is 17.7. The highest BCUT2D eigenvalue weighted by Crippen LogP contribution is 2.30. The number of anilines is 1. The first kappa shape index (κ1) is 23.5. The van der Waals surface area contributed by atoms with E-state index in [0.29, 0.717) is 5.88 Å². The van der Waals surface area contributed by atoms with Gasteiger partial charge in [-0.15, -0.1) is 0 Å². The highest BCUT2D eigenvalue weighted by atomic mass is 16.5. The van der Waals surface area contributed by atoms with Crippen LogP contribution in [0.25, 0.3) is 27.8 Å². The summed E-state index contributed by atoms with van der Waals surface area (Å²) in [6.07, 6.45) is 5.66. The lowest BCUT2D eigenvalue weighted by atomic mass is 9.83. The first-order valence-corrected chi connectivity index (χ1v) is 11.9. The van der Waals surface area contributed by atoms with E-state index in [9.17, 15) is 4.79 Å². The summed E-state index contributed by atoms with van der Waals surface area (Å²) in [6, 6.07) is 16.0. The van der Waals surface area contributed by atoms with Crippen molar-refractivity contribution < 1.29 is 9.32 Å². The predicted molar refractivity (Wildman–Crippen MR) is 140 cm³/mol. The molecule has 0 aliphatic carbocycles. The molecule has 0 fully saturated rings. The lowest BCUT2D eigenvalue weighted by molar-refractivity contribution is -0.120. The Morgan fingerprint density at radius 2 is 1.72 bits per heavy atom. The maximum absolute atomic E-state index is 13.1. The smallest absolute Gasteiger partial charge is 0.236 e. The van der Waals surface area contributed by atoms with E-state index in [1.807, 2.05) is 89.2 Å². The van der Waals surface area contributed by atoms with Gasteiger partial charge in [0.1, 0.15) is 6.33 Å². The number of benzene rings is 2. The molecule has 0 spiro atoms. The van der Waals surface area contributed by atoms with Gasteiger partial charge in [-0.3, -0.25) is 19.4 Å². The van der Waals surface area contributed by atoms with Gasteiger partial charge in [0.15, 0.2) is 0 Å². The third-order valence-corrected chi connectivity index (χ3v) is 6.54. The second-order valence-corrected chi connectivity index (χ2v) is 10.7. The van der Waals surface area contributed by atoms with E-state index in [0.717, 1.165) is 39.1 Å². The molecule has 0 saturated heterocycles. The Morgan fingerprint density at radius 1 is 0.972 bits per heavy atom. The Bertz CT molecular complexity index is 1550. The van der Waals surface area contributed by atoms with Crippen molar-refractivity contribution in [2.45, 2.75) is 45.4 Å². The minimum absolute atomic E-state index is 0.157. The topological polar surface area (TPSA) is 90.8 Å². The third kappa shape index (κ3) is 4.30. The Labute approximate surface area is 209 Å². The molecule has 8 nitrogen and oxygen atoms in total. The van der Waals surface area contributed by atoms with Crippen LogP contribution in [0.2, 0.25) is 0 Å². The summed E-state index contributed by atoms with van der Waals surface area (Å²) in [7, 11) is 1.91. The van der Waals surface area contributed by atoms with E-state index >= 15 is 0 Å². The third-order valence-electron chi connectivity index (χ3n) is 6.54. The Morgan fingerprint density at radius 3 is 2.36 bits per heavy atom. The van der Waals surface area contributed by atoms with E-state index < -0.39 is 5.41 Å². The molecule has 3 heterocycles. The second kappa shape index (κ2) is 8.48. The summed E-state index contributed by atoms with van der Waals surface area (Å²) in [5.74, 6) is 0.188. The van der Waals surface area contributed by atoms with E-state index in [1.54, 1.807) is 10.7 Å². The zero-order valence-corrected chi connectivity index (χ0v) is 21.4. The van der Waals surface area contributed by atoms with Crippen molar-refractivity contribution in [1.29, 1.82) is 0 Å². The number of fused-ring (bicyclic) bond motifs is 1. The lowest BCUT2D eigenvalue weighted by Gasteiger charge is -2.23. The first-order chi connectivity index (χ1) is 17.0. The molecule has 1 amide bonds. The fourth-order valence-electron chi connectivity index (χ4n) is 4.09. The maximum atomic E-state index is 13.1. The molecule has 0 aliphatic rings. The summed E-state index contributed by atoms with van der Waals surface area (Å²) < 4.78 is 9.17. The Balaban J connectivity index is 1.36. The molecule has 36 heavy (non-hydrogen) atoms. The molecule has 0 atom stereocenters. The van der Waals surface area contributed by atoms with Crippen LogP contribution in [0.3, 0.4) is 0 Å². The number of carbonyl (C=O) groups is 1. The molecule has 1 N–H and O–H groups in total. The molecule has 2 aromatic carbocycles. The minimum atomic E-state index is -0.775. The fraction of sp³-hybridized carbons (Fsp3) is 0.286. The van der Waals surface area contributed by atoms with E-state index in [4.69, 9.17) is 4.52 Å². The molecule has 0 aliphatic heterocycles. The van der Waals surface area contributed by atoms with Crippen LogP contribution in [0.5, 0.6) is 0 Å². The second-order valence-electron chi connectivity index (χ2n) is 10.7. The number of aryl methyl sites for hydroxylation is 1. The van der Waals surface area contributed by atoms with Crippen molar-refractivity contribution in [3.05, 3.63) is 78.5 Å². The van der Waals surface area contributed by atoms with Crippen molar-refractivity contribution in [1.82, 2.24) is 24.5 Å². The van der Waals surface area contributed by atoms with Gasteiger partial charge in [0.2, 0.25) is 11.8 Å². The van der Waals surface area contributed by atoms with E-state index in [2.05, 4.69) is 38.8 Å². The number of amides is 1. The van der Waals surface area contributed by atoms with Crippen LogP contribution in [0, 0.1) is 0 Å². The summed E-state index contributed by atoms with van der Waals surface area (Å²) in [5.41, 5.74) is 5.76. The van der Waals surface area contributed by atoms with Crippen LogP contribution in [-0.2, 0) is 22.7 Å². The molecule has 8 heteroatoms. The molecule has 5 rings (SSSR count). The summed E-state index contributed by atoms with van der Waals surface area (Å²) in [5, 5.41) is 11.2. The number of nitrogens with zero attached hydrogens (tertiary/aromatic N) is 5. The van der Waals surface area contributed by atoms with Crippen LogP contribution >= 0.6 is 0 Å². The monoisotopic (exact) mass is 482 g/mol. The number of imidazole rings is 1. The molecular weight excluding hydrogens is 452 g/mol. The quantitative estimate of drug-likeness (QED) is 0.351. The fourth-order valence-corrected chi connectivity index (χ4v) is 4.09. The number of carbonyl (C=O) groups excluding carboxylic acids is 1. The molecule has 0 radical (unpaired) electrons. The predicted octanol–water partition coefficient (Wildman–Crippen LogP) is 5.63. The highest BCUT2D eigenvalue weighted by molar-refractivity contribution is 5.97. The molecule has 0 saturated carbocycles. The van der Waals surface area contributed by atoms with Gasteiger partial charge in [-0.2, -0.15) is 5.10 Å². The average molecular weight is 483 g/mol. The minimum Gasteiger partial charge on any atom is -0.338 e. The first-order valence-electron chi connectivity index (χ1n) is 11.9. The zero-order valence-electron chi connectivity index (χ0n) is 21.4. The van der Waals surface area contributed by atoms with Gasteiger partial charge in [-0.05, 0) is 49.2 Å². The normalized spacial score (nSPS) is 12.3. The van der Waals surface area contributed by atoms with Gasteiger partial charge in [-0.1, -0.05) is 44.1 Å². The highest BCUT2D eigenvalue weighted by Gasteiger charge is 2.31. The van der Waals surface area contributed by atoms with Crippen molar-refractivity contribution >= 4 is 22.8 Å². The van der Waals surface area contributed by atoms with Crippen molar-refractivity contribution in [3.63, 3.8) is 0 Å². The van der Waals surface area contributed by atoms with Crippen LogP contribution in [0.15, 0.2) is 71.8 Å². The Kier molecular flexibility index (Phi) is 5.54. The van der Waals surface area contributed by atoms with Crippen LogP contribution < -0.4 is 5.32 Å². The summed E-state index contributed by atoms with van der Waals surface area (Å²) in [6.45, 7) is 9.93. The number of nitrogens with one attached hydrogen (secondary N) is 1. The van der Waals surface area contributed by atoms with E-state index in [1.165, 1.54) is 0 Å². The van der Waals surface area contributed by atoms with Gasteiger partial charge < -0.3 is 4.52 Å². The van der Waals surface area contributed by atoms with Gasteiger partial charge in [-0.25, -0.2) is 4.98 Å². The number of aromatic nitrogens is 5. The molecule has 0 bridgehead atoms. The standard InChI is InChI=1S/C28H30N6O2/c1-27(2,3)24-14-25(36-32-24)31-26(35)28(4,5)20-8-10-21(11-9-20)34-17-29-22-13-18(7-12-23(22)34)19-15-30-33(6)16-19/h7-17H,1-6H3,(H,31,35). The number of rotatable bonds is 5. The Hall–Kier alpha value is -4.20. The van der Waals surface area contributed by atoms with E-state index in [-0.39, 0.29) is 11.3 Å². The van der Waals surface area contributed by atoms with Gasteiger partial charge in [0, 0.05) is 36.0 Å². The molecule has 5 aromatic rings. The number of hydrogen-bond donors (Lipinski definition) is 1. The van der Waals surface area contributed by atoms with Crippen molar-refractivity contribution in [3.8, 4) is 16.8 Å². The molecule has 3 aromatic heterocycles. The van der Waals surface area contributed by atoms with Crippen LogP contribution in [0.1, 0.15) is 45.9 Å². The van der Waals surface area contributed by atoms with Crippen LogP contribution in [-0.4, -0.2) is 30.4 Å². The molecular formula is C28H30N6O2. The number of hydrogen-bond acceptors (Lipinski definition) is 5. The largest absolute Gasteiger partial charge is 0.338 e. The average Bonchev–Trinajstić information content (AvgIpc) is 3.58.